The number of carbonyl (C=O) groups is 3. The number of benzene rings is 2. The minimum Gasteiger partial charge on any atom is -0.535 e. The van der Waals surface area contributed by atoms with Crippen LogP contribution in [0, 0.1) is 5.41 Å². The summed E-state index contributed by atoms with van der Waals surface area (Å²) >= 11 is 0. The lowest BCUT2D eigenvalue weighted by Gasteiger charge is -2.28. The number of para-hydroxylation sites is 1. The predicted molar refractivity (Wildman–Crippen MR) is 131 cm³/mol. The maximum atomic E-state index is 12.8. The van der Waals surface area contributed by atoms with Gasteiger partial charge in [-0.05, 0) is 57.0 Å². The Kier molecular flexibility index (Phi) is 8.63. The standard InChI is InChI=1S/C26H31BO9/c1-26(2,3)25(30)35-15-34-24(29)21-8-6-7-16-11-18(27(31)36-23(16)21)14-19(28)12-17-13-20(32-4)9-10-22(17)33-5/h6-10,13,18,31H,11-12,14-15H2,1-5H3/t18-/m1/s1. The SMILES string of the molecule is COc1ccc(OC)c(CC(=O)C[C@H]2Cc3cccc(C(=O)OCOC(=O)C(C)(C)C)c3OB2O)c1. The van der Waals surface area contributed by atoms with E-state index in [2.05, 4.69) is 0 Å². The molecular formula is C26H31BO9. The van der Waals surface area contributed by atoms with Gasteiger partial charge in [0.2, 0.25) is 6.79 Å². The third-order valence-electron chi connectivity index (χ3n) is 5.80. The van der Waals surface area contributed by atoms with Crippen LogP contribution in [0.15, 0.2) is 36.4 Å². The second-order valence-electron chi connectivity index (χ2n) is 9.60. The van der Waals surface area contributed by atoms with Gasteiger partial charge in [0.15, 0.2) is 0 Å². The van der Waals surface area contributed by atoms with Crippen molar-refractivity contribution >= 4 is 24.8 Å². The van der Waals surface area contributed by atoms with E-state index in [1.807, 2.05) is 0 Å². The van der Waals surface area contributed by atoms with Gasteiger partial charge in [0.25, 0.3) is 0 Å². The highest BCUT2D eigenvalue weighted by atomic mass is 16.7. The fourth-order valence-corrected chi connectivity index (χ4v) is 3.85. The lowest BCUT2D eigenvalue weighted by molar-refractivity contribution is -0.161. The summed E-state index contributed by atoms with van der Waals surface area (Å²) in [5, 5.41) is 10.6. The Morgan fingerprint density at radius 1 is 1.08 bits per heavy atom. The lowest BCUT2D eigenvalue weighted by Crippen LogP contribution is -2.36. The van der Waals surface area contributed by atoms with Crippen LogP contribution in [0.3, 0.4) is 0 Å². The van der Waals surface area contributed by atoms with Gasteiger partial charge in [-0.3, -0.25) is 9.59 Å². The number of methoxy groups -OCH3 is 2. The number of rotatable bonds is 9. The Hall–Kier alpha value is -3.53. The summed E-state index contributed by atoms with van der Waals surface area (Å²) in [6.45, 7) is 4.53. The van der Waals surface area contributed by atoms with Crippen molar-refractivity contribution in [2.45, 2.75) is 45.9 Å². The molecule has 0 spiro atoms. The predicted octanol–water partition coefficient (Wildman–Crippen LogP) is 3.39. The summed E-state index contributed by atoms with van der Waals surface area (Å²) in [6.07, 6.45) is 0.506. The van der Waals surface area contributed by atoms with Crippen LogP contribution in [0.2, 0.25) is 5.82 Å². The Labute approximate surface area is 210 Å². The quantitative estimate of drug-likeness (QED) is 0.315. The molecule has 0 bridgehead atoms. The highest BCUT2D eigenvalue weighted by Crippen LogP contribution is 2.37. The molecule has 1 N–H and O–H groups in total. The van der Waals surface area contributed by atoms with Gasteiger partial charge in [0.1, 0.15) is 28.6 Å². The smallest absolute Gasteiger partial charge is 0.526 e. The summed E-state index contributed by atoms with van der Waals surface area (Å²) in [5.41, 5.74) is 0.725. The molecule has 1 aliphatic heterocycles. The Morgan fingerprint density at radius 2 is 1.83 bits per heavy atom. The van der Waals surface area contributed by atoms with E-state index in [4.69, 9.17) is 23.6 Å². The molecule has 1 heterocycles. The van der Waals surface area contributed by atoms with E-state index in [0.29, 0.717) is 29.0 Å². The Bertz CT molecular complexity index is 1120. The molecule has 2 aromatic carbocycles. The molecule has 0 saturated heterocycles. The van der Waals surface area contributed by atoms with Crippen LogP contribution < -0.4 is 14.1 Å². The van der Waals surface area contributed by atoms with Crippen LogP contribution in [-0.4, -0.2) is 50.9 Å². The van der Waals surface area contributed by atoms with Crippen molar-refractivity contribution in [1.29, 1.82) is 0 Å². The fraction of sp³-hybridized carbons (Fsp3) is 0.423. The summed E-state index contributed by atoms with van der Waals surface area (Å²) in [7, 11) is 1.78. The van der Waals surface area contributed by atoms with Gasteiger partial charge in [-0.2, -0.15) is 0 Å². The molecule has 2 aromatic rings. The summed E-state index contributed by atoms with van der Waals surface area (Å²) in [5.74, 6) is -0.478. The van der Waals surface area contributed by atoms with Crippen molar-refractivity contribution < 1.29 is 43.0 Å². The summed E-state index contributed by atoms with van der Waals surface area (Å²) in [4.78, 5) is 37.3. The second-order valence-corrected chi connectivity index (χ2v) is 9.60. The highest BCUT2D eigenvalue weighted by molar-refractivity contribution is 6.47. The van der Waals surface area contributed by atoms with E-state index >= 15 is 0 Å². The first kappa shape index (κ1) is 27.1. The minimum absolute atomic E-state index is 0.0679. The number of hydrogen-bond donors (Lipinski definition) is 1. The topological polar surface area (TPSA) is 118 Å². The zero-order chi connectivity index (χ0) is 26.5. The van der Waals surface area contributed by atoms with Gasteiger partial charge < -0.3 is 28.6 Å². The molecule has 0 unspecified atom stereocenters. The van der Waals surface area contributed by atoms with E-state index in [-0.39, 0.29) is 29.9 Å². The Morgan fingerprint density at radius 3 is 2.50 bits per heavy atom. The van der Waals surface area contributed by atoms with E-state index in [1.54, 1.807) is 58.2 Å². The second kappa shape index (κ2) is 11.5. The number of ketones is 1. The van der Waals surface area contributed by atoms with Crippen LogP contribution >= 0.6 is 0 Å². The highest BCUT2D eigenvalue weighted by Gasteiger charge is 2.38. The molecule has 0 radical (unpaired) electrons. The third-order valence-corrected chi connectivity index (χ3v) is 5.80. The Balaban J connectivity index is 1.65. The zero-order valence-corrected chi connectivity index (χ0v) is 21.2. The van der Waals surface area contributed by atoms with Crippen LogP contribution in [-0.2, 0) is 31.9 Å². The van der Waals surface area contributed by atoms with Crippen LogP contribution in [0.5, 0.6) is 17.2 Å². The first-order valence-corrected chi connectivity index (χ1v) is 11.6. The van der Waals surface area contributed by atoms with Crippen molar-refractivity contribution in [3.63, 3.8) is 0 Å². The number of carbonyl (C=O) groups excluding carboxylic acids is 3. The van der Waals surface area contributed by atoms with Crippen molar-refractivity contribution in [3.8, 4) is 17.2 Å². The molecule has 0 saturated carbocycles. The van der Waals surface area contributed by atoms with Crippen molar-refractivity contribution in [1.82, 2.24) is 0 Å². The van der Waals surface area contributed by atoms with Gasteiger partial charge in [-0.1, -0.05) is 12.1 Å². The van der Waals surface area contributed by atoms with Crippen LogP contribution in [0.4, 0.5) is 0 Å². The molecule has 36 heavy (non-hydrogen) atoms. The van der Waals surface area contributed by atoms with Crippen molar-refractivity contribution in [3.05, 3.63) is 53.1 Å². The molecule has 3 rings (SSSR count). The number of hydrogen-bond acceptors (Lipinski definition) is 9. The average molecular weight is 498 g/mol. The van der Waals surface area contributed by atoms with E-state index in [9.17, 15) is 19.4 Å². The number of esters is 2. The van der Waals surface area contributed by atoms with Gasteiger partial charge in [0.05, 0.1) is 19.6 Å². The van der Waals surface area contributed by atoms with E-state index in [1.165, 1.54) is 13.2 Å². The minimum atomic E-state index is -1.29. The summed E-state index contributed by atoms with van der Waals surface area (Å²) < 4.78 is 26.3. The van der Waals surface area contributed by atoms with Crippen LogP contribution in [0.1, 0.15) is 48.7 Å². The van der Waals surface area contributed by atoms with E-state index in [0.717, 1.165) is 0 Å². The molecule has 0 aromatic heterocycles. The molecular weight excluding hydrogens is 467 g/mol. The largest absolute Gasteiger partial charge is 0.535 e. The molecule has 0 fully saturated rings. The maximum Gasteiger partial charge on any atom is 0.526 e. The molecule has 9 nitrogen and oxygen atoms in total. The molecule has 1 atom stereocenters. The molecule has 0 amide bonds. The lowest BCUT2D eigenvalue weighted by atomic mass is 9.64. The average Bonchev–Trinajstić information content (AvgIpc) is 2.83. The molecule has 10 heteroatoms. The number of fused-ring (bicyclic) bond motifs is 1. The summed E-state index contributed by atoms with van der Waals surface area (Å²) in [6, 6.07) is 10.2. The van der Waals surface area contributed by atoms with Gasteiger partial charge in [0, 0.05) is 24.2 Å². The van der Waals surface area contributed by atoms with Gasteiger partial charge >= 0.3 is 19.1 Å². The number of ether oxygens (including phenoxy) is 4. The van der Waals surface area contributed by atoms with Crippen molar-refractivity contribution in [2.24, 2.45) is 5.41 Å². The number of Topliss-reactive ketones (excluding diaryl/α,β-unsaturated/α-hetero) is 1. The normalized spacial score (nSPS) is 14.8. The zero-order valence-electron chi connectivity index (χ0n) is 21.2. The third kappa shape index (κ3) is 6.57. The molecule has 1 aliphatic rings. The maximum absolute atomic E-state index is 12.8. The van der Waals surface area contributed by atoms with Gasteiger partial charge in [-0.15, -0.1) is 0 Å². The first-order valence-electron chi connectivity index (χ1n) is 11.6. The van der Waals surface area contributed by atoms with Crippen molar-refractivity contribution in [2.75, 3.05) is 21.0 Å². The molecule has 192 valence electrons. The monoisotopic (exact) mass is 498 g/mol. The van der Waals surface area contributed by atoms with E-state index < -0.39 is 37.1 Å². The first-order chi connectivity index (χ1) is 17.0. The molecule has 0 aliphatic carbocycles. The van der Waals surface area contributed by atoms with Crippen LogP contribution in [0.25, 0.3) is 0 Å². The fourth-order valence-electron chi connectivity index (χ4n) is 3.85. The van der Waals surface area contributed by atoms with Gasteiger partial charge in [-0.25, -0.2) is 4.79 Å².